The lowest BCUT2D eigenvalue weighted by molar-refractivity contribution is -0.141. The zero-order valence-corrected chi connectivity index (χ0v) is 14.8. The first-order valence-electron chi connectivity index (χ1n) is 8.54. The molecule has 1 amide bonds. The second kappa shape index (κ2) is 7.25. The number of carbonyl (C=O) groups excluding carboxylic acids is 1. The van der Waals surface area contributed by atoms with E-state index in [9.17, 15) is 32.3 Å². The molecule has 0 spiro atoms. The summed E-state index contributed by atoms with van der Waals surface area (Å²) in [7, 11) is 1.67. The fourth-order valence-electron chi connectivity index (χ4n) is 3.38. The third-order valence-electron chi connectivity index (χ3n) is 4.73. The van der Waals surface area contributed by atoms with Crippen LogP contribution in [-0.4, -0.2) is 26.8 Å². The summed E-state index contributed by atoms with van der Waals surface area (Å²) < 4.78 is 53.8. The molecular formula is C18H17F4N3O3. The highest BCUT2D eigenvalue weighted by Gasteiger charge is 2.36. The standard InChI is InChI=1S/C18H17F4N3O3/c1-25-13-5-3-2-4-10(13)15(24-25)16(26)23-14(17(27)28)9-6-7-12(19)11(8-9)18(20,21)22/h6-8,14H,2-5H2,1H3,(H,23,26)(H,27,28). The summed E-state index contributed by atoms with van der Waals surface area (Å²) in [4.78, 5) is 24.2. The number of rotatable bonds is 4. The van der Waals surface area contributed by atoms with Gasteiger partial charge in [0.05, 0.1) is 5.56 Å². The lowest BCUT2D eigenvalue weighted by atomic mass is 9.95. The summed E-state index contributed by atoms with van der Waals surface area (Å²) in [6, 6.07) is 0.0401. The van der Waals surface area contributed by atoms with Crippen molar-refractivity contribution in [2.75, 3.05) is 0 Å². The highest BCUT2D eigenvalue weighted by molar-refractivity contribution is 5.96. The third-order valence-corrected chi connectivity index (χ3v) is 4.73. The minimum atomic E-state index is -4.99. The lowest BCUT2D eigenvalue weighted by Gasteiger charge is -2.17. The molecule has 1 unspecified atom stereocenters. The minimum absolute atomic E-state index is 0.0570. The van der Waals surface area contributed by atoms with E-state index in [-0.39, 0.29) is 11.3 Å². The maximum atomic E-state index is 13.5. The molecule has 1 aromatic heterocycles. The number of carboxylic acid groups (broad SMARTS) is 1. The molecule has 0 radical (unpaired) electrons. The second-order valence-electron chi connectivity index (χ2n) is 6.59. The van der Waals surface area contributed by atoms with Crippen molar-refractivity contribution in [2.24, 2.45) is 7.05 Å². The summed E-state index contributed by atoms with van der Waals surface area (Å²) in [5.74, 6) is -3.90. The summed E-state index contributed by atoms with van der Waals surface area (Å²) >= 11 is 0. The number of aliphatic carboxylic acids is 1. The van der Waals surface area contributed by atoms with E-state index in [1.807, 2.05) is 0 Å². The Morgan fingerprint density at radius 2 is 1.93 bits per heavy atom. The number of carbonyl (C=O) groups is 2. The van der Waals surface area contributed by atoms with Gasteiger partial charge in [-0.2, -0.15) is 18.3 Å². The van der Waals surface area contributed by atoms with Gasteiger partial charge in [-0.1, -0.05) is 6.07 Å². The van der Waals surface area contributed by atoms with Crippen LogP contribution in [0.3, 0.4) is 0 Å². The van der Waals surface area contributed by atoms with Crippen LogP contribution >= 0.6 is 0 Å². The van der Waals surface area contributed by atoms with Crippen molar-refractivity contribution < 1.29 is 32.3 Å². The molecule has 3 rings (SSSR count). The monoisotopic (exact) mass is 399 g/mol. The number of benzene rings is 1. The van der Waals surface area contributed by atoms with Gasteiger partial charge < -0.3 is 10.4 Å². The van der Waals surface area contributed by atoms with Crippen LogP contribution in [0.1, 0.15) is 51.8 Å². The smallest absolute Gasteiger partial charge is 0.419 e. The molecule has 1 heterocycles. The van der Waals surface area contributed by atoms with Crippen LogP contribution in [0.4, 0.5) is 17.6 Å². The van der Waals surface area contributed by atoms with Gasteiger partial charge in [0.15, 0.2) is 11.7 Å². The molecule has 0 bridgehead atoms. The highest BCUT2D eigenvalue weighted by Crippen LogP contribution is 2.33. The van der Waals surface area contributed by atoms with E-state index < -0.39 is 35.5 Å². The van der Waals surface area contributed by atoms with Gasteiger partial charge in [0.25, 0.3) is 5.91 Å². The Morgan fingerprint density at radius 1 is 1.25 bits per heavy atom. The van der Waals surface area contributed by atoms with Gasteiger partial charge in [0.2, 0.25) is 0 Å². The van der Waals surface area contributed by atoms with Crippen molar-refractivity contribution in [1.29, 1.82) is 0 Å². The maximum Gasteiger partial charge on any atom is 0.419 e. The third kappa shape index (κ3) is 3.71. The van der Waals surface area contributed by atoms with Crippen molar-refractivity contribution in [1.82, 2.24) is 15.1 Å². The largest absolute Gasteiger partial charge is 0.479 e. The molecule has 6 nitrogen and oxygen atoms in total. The van der Waals surface area contributed by atoms with Crippen molar-refractivity contribution in [3.8, 4) is 0 Å². The number of fused-ring (bicyclic) bond motifs is 1. The second-order valence-corrected chi connectivity index (χ2v) is 6.59. The molecule has 10 heteroatoms. The van der Waals surface area contributed by atoms with Crippen LogP contribution in [0.2, 0.25) is 0 Å². The summed E-state index contributed by atoms with van der Waals surface area (Å²) in [5.41, 5.74) is -0.336. The molecule has 150 valence electrons. The number of halogens is 4. The Balaban J connectivity index is 1.93. The summed E-state index contributed by atoms with van der Waals surface area (Å²) in [6.07, 6.45) is -1.84. The van der Waals surface area contributed by atoms with E-state index in [1.54, 1.807) is 11.7 Å². The van der Waals surface area contributed by atoms with Crippen molar-refractivity contribution in [3.05, 3.63) is 52.1 Å². The molecule has 2 aromatic rings. The number of carboxylic acids is 1. The highest BCUT2D eigenvalue weighted by atomic mass is 19.4. The molecule has 1 aliphatic carbocycles. The number of nitrogens with one attached hydrogen (secondary N) is 1. The van der Waals surface area contributed by atoms with Crippen LogP contribution in [-0.2, 0) is 30.9 Å². The van der Waals surface area contributed by atoms with Gasteiger partial charge in [-0.15, -0.1) is 0 Å². The van der Waals surface area contributed by atoms with Gasteiger partial charge in [0.1, 0.15) is 5.82 Å². The lowest BCUT2D eigenvalue weighted by Crippen LogP contribution is -2.34. The number of aryl methyl sites for hydroxylation is 1. The average molecular weight is 399 g/mol. The summed E-state index contributed by atoms with van der Waals surface area (Å²) in [5, 5.41) is 15.8. The fraction of sp³-hybridized carbons (Fsp3) is 0.389. The van der Waals surface area contributed by atoms with Crippen LogP contribution < -0.4 is 5.32 Å². The summed E-state index contributed by atoms with van der Waals surface area (Å²) in [6.45, 7) is 0. The minimum Gasteiger partial charge on any atom is -0.479 e. The molecule has 0 saturated carbocycles. The van der Waals surface area contributed by atoms with Crippen LogP contribution in [0.25, 0.3) is 0 Å². The predicted molar refractivity (Wildman–Crippen MR) is 89.1 cm³/mol. The average Bonchev–Trinajstić information content (AvgIpc) is 2.96. The Hall–Kier alpha value is -2.91. The normalized spacial score (nSPS) is 15.0. The van der Waals surface area contributed by atoms with Gasteiger partial charge in [-0.25, -0.2) is 9.18 Å². The Labute approximate surface area is 157 Å². The predicted octanol–water partition coefficient (Wildman–Crippen LogP) is 3.01. The van der Waals surface area contributed by atoms with Gasteiger partial charge in [0, 0.05) is 18.3 Å². The molecule has 2 N–H and O–H groups in total. The molecular weight excluding hydrogens is 382 g/mol. The SMILES string of the molecule is Cn1nc(C(=O)NC(C(=O)O)c2ccc(F)c(C(F)(F)F)c2)c2c1CCCC2. The van der Waals surface area contributed by atoms with Crippen molar-refractivity contribution in [2.45, 2.75) is 37.9 Å². The maximum absolute atomic E-state index is 13.5. The van der Waals surface area contributed by atoms with Crippen LogP contribution in [0.5, 0.6) is 0 Å². The van der Waals surface area contributed by atoms with Crippen molar-refractivity contribution in [3.63, 3.8) is 0 Å². The molecule has 0 fully saturated rings. The van der Waals surface area contributed by atoms with Crippen LogP contribution in [0.15, 0.2) is 18.2 Å². The van der Waals surface area contributed by atoms with Gasteiger partial charge in [-0.05, 0) is 43.4 Å². The molecule has 1 atom stereocenters. The van der Waals surface area contributed by atoms with Gasteiger partial charge >= 0.3 is 12.1 Å². The fourth-order valence-corrected chi connectivity index (χ4v) is 3.38. The Morgan fingerprint density at radius 3 is 2.57 bits per heavy atom. The van der Waals surface area contributed by atoms with E-state index in [0.717, 1.165) is 31.0 Å². The number of hydrogen-bond donors (Lipinski definition) is 2. The Bertz CT molecular complexity index is 937. The molecule has 0 aliphatic heterocycles. The molecule has 0 saturated heterocycles. The van der Waals surface area contributed by atoms with E-state index in [1.165, 1.54) is 0 Å². The molecule has 1 aromatic carbocycles. The number of hydrogen-bond acceptors (Lipinski definition) is 3. The zero-order valence-electron chi connectivity index (χ0n) is 14.8. The Kier molecular flexibility index (Phi) is 5.14. The quantitative estimate of drug-likeness (QED) is 0.775. The first-order chi connectivity index (χ1) is 13.1. The number of aromatic nitrogens is 2. The van der Waals surface area contributed by atoms with E-state index >= 15 is 0 Å². The van der Waals surface area contributed by atoms with Crippen LogP contribution in [0, 0.1) is 5.82 Å². The first kappa shape index (κ1) is 19.8. The van der Waals surface area contributed by atoms with E-state index in [0.29, 0.717) is 24.1 Å². The van der Waals surface area contributed by atoms with E-state index in [4.69, 9.17) is 0 Å². The van der Waals surface area contributed by atoms with E-state index in [2.05, 4.69) is 10.4 Å². The van der Waals surface area contributed by atoms with Crippen molar-refractivity contribution >= 4 is 11.9 Å². The first-order valence-corrected chi connectivity index (χ1v) is 8.54. The number of amides is 1. The topological polar surface area (TPSA) is 84.2 Å². The van der Waals surface area contributed by atoms with Gasteiger partial charge in [-0.3, -0.25) is 9.48 Å². The molecule has 1 aliphatic rings. The zero-order chi connectivity index (χ0) is 20.6. The molecule has 28 heavy (non-hydrogen) atoms. The number of alkyl halides is 3. The number of nitrogens with zero attached hydrogens (tertiary/aromatic N) is 2.